The summed E-state index contributed by atoms with van der Waals surface area (Å²) in [5.74, 6) is 2.98. The Kier molecular flexibility index (Phi) is 22.8. The number of aromatic hydroxyl groups is 1. The van der Waals surface area contributed by atoms with Crippen LogP contribution in [0.4, 0.5) is 0 Å². The molecule has 0 bridgehead atoms. The maximum atomic E-state index is 9.22. The summed E-state index contributed by atoms with van der Waals surface area (Å²) < 4.78 is 33.5. The second-order valence-corrected chi connectivity index (χ2v) is 13.5. The lowest BCUT2D eigenvalue weighted by atomic mass is 10.3. The average molecular weight is 870 g/mol. The first-order chi connectivity index (χ1) is 23.8. The molecule has 49 heavy (non-hydrogen) atoms. The molecule has 0 radical (unpaired) electrons. The predicted octanol–water partition coefficient (Wildman–Crippen LogP) is 10.9. The zero-order valence-corrected chi connectivity index (χ0v) is 33.5. The fourth-order valence-corrected chi connectivity index (χ4v) is 5.40. The number of benzene rings is 4. The van der Waals surface area contributed by atoms with Crippen molar-refractivity contribution in [1.29, 1.82) is 0 Å². The summed E-state index contributed by atoms with van der Waals surface area (Å²) in [6.45, 7) is 13.1. The maximum Gasteiger partial charge on any atom is 0.144 e. The third-order valence-electron chi connectivity index (χ3n) is 5.73. The normalized spacial score (nSPS) is 17.1. The molecule has 268 valence electrons. The van der Waals surface area contributed by atoms with E-state index in [4.69, 9.17) is 28.4 Å². The zero-order valence-electron chi connectivity index (χ0n) is 28.7. The van der Waals surface area contributed by atoms with Crippen LogP contribution in [-0.4, -0.2) is 63.1 Å². The van der Waals surface area contributed by atoms with E-state index >= 15 is 0 Å². The first kappa shape index (κ1) is 42.6. The minimum atomic E-state index is 0.225. The van der Waals surface area contributed by atoms with Crippen LogP contribution in [0, 0.1) is 0 Å². The van der Waals surface area contributed by atoms with Crippen molar-refractivity contribution in [3.63, 3.8) is 0 Å². The van der Waals surface area contributed by atoms with E-state index in [2.05, 4.69) is 75.5 Å². The van der Waals surface area contributed by atoms with Gasteiger partial charge in [-0.25, -0.2) is 0 Å². The van der Waals surface area contributed by atoms with Crippen molar-refractivity contribution in [1.82, 2.24) is 0 Å². The lowest BCUT2D eigenvalue weighted by molar-refractivity contribution is 0.263. The van der Waals surface area contributed by atoms with E-state index in [9.17, 15) is 5.11 Å². The summed E-state index contributed by atoms with van der Waals surface area (Å²) in [6, 6.07) is 32.9. The molecule has 3 aliphatic rings. The molecule has 7 nitrogen and oxygen atoms in total. The fraction of sp³-hybridized carbons (Fsp3) is 0.385. The molecule has 4 aromatic carbocycles. The zero-order chi connectivity index (χ0) is 35.7. The first-order valence-corrected chi connectivity index (χ1v) is 18.9. The van der Waals surface area contributed by atoms with E-state index in [0.717, 1.165) is 41.5 Å². The quantitative estimate of drug-likeness (QED) is 0.168. The summed E-state index contributed by atoms with van der Waals surface area (Å²) in [5, 5.41) is 9.22. The van der Waals surface area contributed by atoms with Gasteiger partial charge >= 0.3 is 0 Å². The Morgan fingerprint density at radius 1 is 0.531 bits per heavy atom. The lowest BCUT2D eigenvalue weighted by Crippen LogP contribution is -2.03. The number of ether oxygens (including phenoxy) is 6. The molecule has 0 spiro atoms. The predicted molar refractivity (Wildman–Crippen MR) is 208 cm³/mol. The third kappa shape index (κ3) is 22.7. The Morgan fingerprint density at radius 3 is 1.00 bits per heavy atom. The molecule has 3 fully saturated rings. The van der Waals surface area contributed by atoms with Crippen LogP contribution in [0.3, 0.4) is 0 Å². The largest absolute Gasteiger partial charge is 0.506 e. The summed E-state index contributed by atoms with van der Waals surface area (Å²) in [7, 11) is 0. The van der Waals surface area contributed by atoms with Crippen molar-refractivity contribution < 1.29 is 33.5 Å². The molecule has 1 N–H and O–H groups in total. The molecule has 0 amide bonds. The Bertz CT molecular complexity index is 1220. The van der Waals surface area contributed by atoms with Gasteiger partial charge < -0.3 is 33.5 Å². The van der Waals surface area contributed by atoms with E-state index < -0.39 is 0 Å². The summed E-state index contributed by atoms with van der Waals surface area (Å²) in [4.78, 5) is 0. The van der Waals surface area contributed by atoms with Gasteiger partial charge in [0.25, 0.3) is 0 Å². The van der Waals surface area contributed by atoms with Gasteiger partial charge in [-0.3, -0.25) is 0 Å². The van der Waals surface area contributed by atoms with Crippen molar-refractivity contribution in [2.75, 3.05) is 39.6 Å². The number of hydrogen-bond acceptors (Lipinski definition) is 7. The number of hydrogen-bond donors (Lipinski definition) is 1. The second-order valence-electron chi connectivity index (χ2n) is 10.9. The van der Waals surface area contributed by atoms with Gasteiger partial charge in [0, 0.05) is 4.47 Å². The Labute approximate surface area is 317 Å². The Hall–Kier alpha value is -2.60. The number of halogens is 3. The molecule has 0 aromatic heterocycles. The topological polar surface area (TPSA) is 85.5 Å². The van der Waals surface area contributed by atoms with Crippen molar-refractivity contribution in [3.05, 3.63) is 117 Å². The van der Waals surface area contributed by atoms with Crippen molar-refractivity contribution in [2.45, 2.75) is 58.8 Å². The van der Waals surface area contributed by atoms with Gasteiger partial charge in [-0.15, -0.1) is 0 Å². The first-order valence-electron chi connectivity index (χ1n) is 16.5. The molecule has 0 saturated carbocycles. The summed E-state index contributed by atoms with van der Waals surface area (Å²) in [6.07, 6.45) is 3.53. The monoisotopic (exact) mass is 866 g/mol. The summed E-state index contributed by atoms with van der Waals surface area (Å²) >= 11 is 9.65. The van der Waals surface area contributed by atoms with Crippen molar-refractivity contribution in [2.24, 2.45) is 0 Å². The van der Waals surface area contributed by atoms with Crippen LogP contribution < -0.4 is 14.2 Å². The van der Waals surface area contributed by atoms with E-state index in [1.807, 2.05) is 91.0 Å². The van der Waals surface area contributed by atoms with Crippen molar-refractivity contribution in [3.8, 4) is 23.0 Å². The van der Waals surface area contributed by atoms with Crippen LogP contribution in [-0.2, 0) is 14.2 Å². The molecule has 3 aliphatic heterocycles. The molecular weight excluding hydrogens is 820 g/mol. The van der Waals surface area contributed by atoms with Gasteiger partial charge in [0.15, 0.2) is 0 Å². The average Bonchev–Trinajstić information content (AvgIpc) is 3.97. The highest BCUT2D eigenvalue weighted by Gasteiger charge is 2.24. The lowest BCUT2D eigenvalue weighted by Gasteiger charge is -2.01. The van der Waals surface area contributed by atoms with Crippen LogP contribution in [0.25, 0.3) is 0 Å². The van der Waals surface area contributed by atoms with Gasteiger partial charge in [-0.1, -0.05) is 111 Å². The highest BCUT2D eigenvalue weighted by atomic mass is 79.9. The van der Waals surface area contributed by atoms with Crippen LogP contribution in [0.15, 0.2) is 117 Å². The molecule has 3 saturated heterocycles. The molecule has 0 aliphatic carbocycles. The van der Waals surface area contributed by atoms with E-state index in [-0.39, 0.29) is 5.75 Å². The number of rotatable bonds is 9. The van der Waals surface area contributed by atoms with Gasteiger partial charge in [0.05, 0.1) is 28.8 Å². The summed E-state index contributed by atoms with van der Waals surface area (Å²) in [5.41, 5.74) is 0. The molecule has 3 atom stereocenters. The van der Waals surface area contributed by atoms with Crippen molar-refractivity contribution >= 4 is 47.8 Å². The van der Waals surface area contributed by atoms with Gasteiger partial charge in [0.2, 0.25) is 0 Å². The van der Waals surface area contributed by atoms with E-state index in [1.165, 1.54) is 12.8 Å². The van der Waals surface area contributed by atoms with E-state index in [1.54, 1.807) is 12.1 Å². The number of para-hydroxylation sites is 3. The highest BCUT2D eigenvalue weighted by Crippen LogP contribution is 2.34. The molecular formula is C39H49Br3O7. The maximum absolute atomic E-state index is 9.22. The third-order valence-corrected chi connectivity index (χ3v) is 7.39. The van der Waals surface area contributed by atoms with E-state index in [0.29, 0.717) is 47.1 Å². The van der Waals surface area contributed by atoms with Crippen LogP contribution in [0.2, 0.25) is 0 Å². The standard InChI is InChI=1S/3C9H10O2.C6H3Br3O.2C3H8/c3*1-2-4-8(5-3-1)10-6-9-7-11-9;7-3-1-4(8)6(10)5(9)2-3;2*1-3-2/h3*1-5,9H,6-7H2;1-2,10H;2*3H2,1-2H3. The fourth-order valence-electron chi connectivity index (χ4n) is 3.15. The number of phenolic OH excluding ortho intramolecular Hbond substituents is 1. The van der Waals surface area contributed by atoms with Crippen LogP contribution >= 0.6 is 47.8 Å². The van der Waals surface area contributed by atoms with Gasteiger partial charge in [-0.2, -0.15) is 0 Å². The van der Waals surface area contributed by atoms with Gasteiger partial charge in [0.1, 0.15) is 61.1 Å². The molecule has 7 rings (SSSR count). The second kappa shape index (κ2) is 26.2. The smallest absolute Gasteiger partial charge is 0.144 e. The minimum Gasteiger partial charge on any atom is -0.506 e. The Balaban J connectivity index is 0.000000215. The number of phenols is 1. The highest BCUT2D eigenvalue weighted by molar-refractivity contribution is 9.11. The SMILES string of the molecule is CCC.CCC.Oc1c(Br)cc(Br)cc1Br.c1ccc(OCC2CO2)cc1.c1ccc(OCC2CO2)cc1.c1ccc(OCC2CO2)cc1. The minimum absolute atomic E-state index is 0.225. The van der Waals surface area contributed by atoms with Crippen LogP contribution in [0.1, 0.15) is 40.5 Å². The Morgan fingerprint density at radius 2 is 0.776 bits per heavy atom. The molecule has 10 heteroatoms. The van der Waals surface area contributed by atoms with Gasteiger partial charge in [-0.05, 0) is 80.4 Å². The molecule has 3 heterocycles. The van der Waals surface area contributed by atoms with Crippen LogP contribution in [0.5, 0.6) is 23.0 Å². The number of epoxide rings is 3. The molecule has 3 unspecified atom stereocenters. The molecule has 4 aromatic rings.